The molecule has 2 aliphatic rings. The van der Waals surface area contributed by atoms with E-state index in [1.807, 2.05) is 7.05 Å². The van der Waals surface area contributed by atoms with Crippen LogP contribution in [-0.4, -0.2) is 87.1 Å². The number of carbonyl (C=O) groups is 5. The van der Waals surface area contributed by atoms with Gasteiger partial charge in [0, 0.05) is 58.2 Å². The normalized spacial score (nSPS) is 19.5. The first-order valence-corrected chi connectivity index (χ1v) is 20.3. The molecule has 2 aliphatic heterocycles. The average molecular weight is 827 g/mol. The van der Waals surface area contributed by atoms with E-state index in [2.05, 4.69) is 25.5 Å². The molecule has 2 N–H and O–H groups in total. The summed E-state index contributed by atoms with van der Waals surface area (Å²) in [7, 11) is 1.93. The van der Waals surface area contributed by atoms with E-state index in [-0.39, 0.29) is 53.1 Å². The molecule has 0 spiro atoms. The Hall–Kier alpha value is -5.71. The van der Waals surface area contributed by atoms with Crippen LogP contribution in [0.5, 0.6) is 0 Å². The van der Waals surface area contributed by atoms with E-state index in [1.54, 1.807) is 55.8 Å². The quantitative estimate of drug-likeness (QED) is 0.142. The SMILES string of the molecule is CN1C[C@@H](NC(=O)c2ccc(C(=O)N[C@H]3C[C@@H](c4nc(C(=O)c5ccc(F)cc5)cs4)N(C(=O)OC(C)(C)C)C3)cc2)C[C@H]1c1nc(C(=O)c2ccc(F)cc2)cs1. The summed E-state index contributed by atoms with van der Waals surface area (Å²) < 4.78 is 32.4. The van der Waals surface area contributed by atoms with Crippen LogP contribution in [0.4, 0.5) is 13.6 Å². The number of likely N-dealkylation sites (tertiary alicyclic amines) is 2. The van der Waals surface area contributed by atoms with Crippen molar-refractivity contribution in [3.8, 4) is 0 Å². The smallest absolute Gasteiger partial charge is 0.410 e. The van der Waals surface area contributed by atoms with Crippen LogP contribution in [0.3, 0.4) is 0 Å². The summed E-state index contributed by atoms with van der Waals surface area (Å²) in [6.45, 7) is 5.97. The Kier molecular flexibility index (Phi) is 11.6. The van der Waals surface area contributed by atoms with Gasteiger partial charge in [-0.1, -0.05) is 0 Å². The second-order valence-electron chi connectivity index (χ2n) is 15.3. The van der Waals surface area contributed by atoms with Crippen molar-refractivity contribution in [3.05, 3.63) is 139 Å². The summed E-state index contributed by atoms with van der Waals surface area (Å²) in [5.74, 6) is -2.25. The molecule has 4 atom stereocenters. The second kappa shape index (κ2) is 16.6. The number of carbonyl (C=O) groups excluding carboxylic acids is 5. The molecule has 3 amide bonds. The summed E-state index contributed by atoms with van der Waals surface area (Å²) in [6.07, 6.45) is 0.308. The minimum absolute atomic E-state index is 0.112. The van der Waals surface area contributed by atoms with Crippen molar-refractivity contribution in [2.24, 2.45) is 0 Å². The first-order valence-electron chi connectivity index (χ1n) is 18.5. The van der Waals surface area contributed by atoms with Gasteiger partial charge in [0.2, 0.25) is 11.6 Å². The fourth-order valence-electron chi connectivity index (χ4n) is 6.99. The van der Waals surface area contributed by atoms with E-state index in [0.717, 1.165) is 5.01 Å². The minimum Gasteiger partial charge on any atom is -0.444 e. The average Bonchev–Trinajstić information content (AvgIpc) is 4.01. The lowest BCUT2D eigenvalue weighted by atomic mass is 10.1. The molecular formula is C42H40F2N6O6S2. The Labute approximate surface area is 341 Å². The van der Waals surface area contributed by atoms with Gasteiger partial charge in [-0.05, 0) is 113 Å². The molecule has 12 nitrogen and oxygen atoms in total. The Balaban J connectivity index is 0.961. The van der Waals surface area contributed by atoms with Gasteiger partial charge in [-0.25, -0.2) is 23.5 Å². The number of likely N-dealkylation sites (N-methyl/N-ethyl adjacent to an activating group) is 1. The maximum absolute atomic E-state index is 13.5. The maximum Gasteiger partial charge on any atom is 0.410 e. The van der Waals surface area contributed by atoms with E-state index in [1.165, 1.54) is 76.1 Å². The van der Waals surface area contributed by atoms with Crippen molar-refractivity contribution in [1.82, 2.24) is 30.4 Å². The van der Waals surface area contributed by atoms with Gasteiger partial charge in [-0.2, -0.15) is 0 Å². The van der Waals surface area contributed by atoms with Gasteiger partial charge in [-0.15, -0.1) is 22.7 Å². The molecule has 0 saturated carbocycles. The van der Waals surface area contributed by atoms with Crippen molar-refractivity contribution in [1.29, 1.82) is 0 Å². The molecule has 0 bridgehead atoms. The first-order chi connectivity index (χ1) is 27.6. The molecule has 300 valence electrons. The summed E-state index contributed by atoms with van der Waals surface area (Å²) >= 11 is 2.58. The third-order valence-electron chi connectivity index (χ3n) is 9.85. The zero-order valence-electron chi connectivity index (χ0n) is 32.0. The molecule has 7 rings (SSSR count). The number of halogens is 2. The minimum atomic E-state index is -0.779. The van der Waals surface area contributed by atoms with Gasteiger partial charge in [0.25, 0.3) is 11.8 Å². The highest BCUT2D eigenvalue weighted by Crippen LogP contribution is 2.36. The fourth-order valence-corrected chi connectivity index (χ4v) is 8.89. The number of ketones is 2. The van der Waals surface area contributed by atoms with Crippen LogP contribution in [0.15, 0.2) is 83.6 Å². The summed E-state index contributed by atoms with van der Waals surface area (Å²) in [5, 5.41) is 10.6. The first kappa shape index (κ1) is 40.5. The van der Waals surface area contributed by atoms with Crippen molar-refractivity contribution in [3.63, 3.8) is 0 Å². The molecule has 58 heavy (non-hydrogen) atoms. The molecule has 5 aromatic rings. The Bertz CT molecular complexity index is 2340. The lowest BCUT2D eigenvalue weighted by Gasteiger charge is -2.27. The van der Waals surface area contributed by atoms with E-state index < -0.39 is 41.3 Å². The highest BCUT2D eigenvalue weighted by atomic mass is 32.1. The number of nitrogens with zero attached hydrogens (tertiary/aromatic N) is 4. The van der Waals surface area contributed by atoms with E-state index in [4.69, 9.17) is 4.74 Å². The van der Waals surface area contributed by atoms with Crippen molar-refractivity contribution >= 4 is 52.1 Å². The Morgan fingerprint density at radius 1 is 0.655 bits per heavy atom. The van der Waals surface area contributed by atoms with Crippen LogP contribution < -0.4 is 10.6 Å². The zero-order valence-corrected chi connectivity index (χ0v) is 33.7. The molecule has 16 heteroatoms. The number of thiazole rings is 2. The molecule has 2 fully saturated rings. The summed E-state index contributed by atoms with van der Waals surface area (Å²) in [5.41, 5.74) is 0.998. The van der Waals surface area contributed by atoms with Crippen molar-refractivity contribution < 1.29 is 37.5 Å². The predicted octanol–water partition coefficient (Wildman–Crippen LogP) is 7.00. The van der Waals surface area contributed by atoms with Crippen LogP contribution in [0.25, 0.3) is 0 Å². The fraction of sp³-hybridized carbons (Fsp3) is 0.310. The lowest BCUT2D eigenvalue weighted by Crippen LogP contribution is -2.40. The largest absolute Gasteiger partial charge is 0.444 e. The third kappa shape index (κ3) is 9.19. The Morgan fingerprint density at radius 2 is 1.07 bits per heavy atom. The lowest BCUT2D eigenvalue weighted by molar-refractivity contribution is 0.0220. The molecule has 2 saturated heterocycles. The number of hydrogen-bond acceptors (Lipinski definition) is 11. The van der Waals surface area contributed by atoms with Gasteiger partial charge < -0.3 is 15.4 Å². The van der Waals surface area contributed by atoms with Gasteiger partial charge >= 0.3 is 6.09 Å². The predicted molar refractivity (Wildman–Crippen MR) is 213 cm³/mol. The second-order valence-corrected chi connectivity index (χ2v) is 17.1. The van der Waals surface area contributed by atoms with E-state index >= 15 is 0 Å². The number of benzene rings is 3. The number of aromatic nitrogens is 2. The topological polar surface area (TPSA) is 151 Å². The van der Waals surface area contributed by atoms with Crippen LogP contribution in [0, 0.1) is 11.6 Å². The van der Waals surface area contributed by atoms with Crippen molar-refractivity contribution in [2.75, 3.05) is 20.1 Å². The van der Waals surface area contributed by atoms with E-state index in [0.29, 0.717) is 41.1 Å². The third-order valence-corrected chi connectivity index (χ3v) is 11.7. The molecule has 0 radical (unpaired) electrons. The number of rotatable bonds is 10. The van der Waals surface area contributed by atoms with Crippen LogP contribution in [0.1, 0.15) is 109 Å². The number of ether oxygens (including phenoxy) is 1. The summed E-state index contributed by atoms with van der Waals surface area (Å²) in [6, 6.07) is 15.4. The highest BCUT2D eigenvalue weighted by Gasteiger charge is 2.41. The van der Waals surface area contributed by atoms with E-state index in [9.17, 15) is 32.8 Å². The number of amides is 3. The Morgan fingerprint density at radius 3 is 1.53 bits per heavy atom. The number of hydrogen-bond donors (Lipinski definition) is 2. The molecule has 0 unspecified atom stereocenters. The molecule has 2 aromatic heterocycles. The van der Waals surface area contributed by atoms with Gasteiger partial charge in [0.05, 0.1) is 12.1 Å². The molecular weight excluding hydrogens is 787 g/mol. The summed E-state index contributed by atoms with van der Waals surface area (Å²) in [4.78, 5) is 78.7. The zero-order chi connectivity index (χ0) is 41.3. The van der Waals surface area contributed by atoms with Gasteiger partial charge in [-0.3, -0.25) is 29.0 Å². The molecule has 4 heterocycles. The highest BCUT2D eigenvalue weighted by molar-refractivity contribution is 7.10. The molecule has 0 aliphatic carbocycles. The molecule has 3 aromatic carbocycles. The standard InChI is InChI=1S/C42H40F2N6O6S2/c1-42(2,3)56-41(55)50-20-30(18-34(50)40-48-32(22-58-40)36(52)24-11-15-28(44)16-12-24)46-38(54)26-7-5-25(6-8-26)37(53)45-29-17-33(49(4)19-29)39-47-31(21-57-39)35(51)23-9-13-27(43)14-10-23/h5-16,21-22,29-30,33-34H,17-20H2,1-4H3,(H,45,53)(H,46,54)/t29-,30-,33-,34-/m0/s1. The van der Waals surface area contributed by atoms with Gasteiger partial charge in [0.15, 0.2) is 0 Å². The van der Waals surface area contributed by atoms with Crippen LogP contribution >= 0.6 is 22.7 Å². The van der Waals surface area contributed by atoms with Crippen LogP contribution in [0.2, 0.25) is 0 Å². The monoisotopic (exact) mass is 826 g/mol. The number of nitrogens with one attached hydrogen (secondary N) is 2. The van der Waals surface area contributed by atoms with Crippen molar-refractivity contribution in [2.45, 2.75) is 63.4 Å². The van der Waals surface area contributed by atoms with Crippen LogP contribution in [-0.2, 0) is 4.74 Å². The maximum atomic E-state index is 13.5. The van der Waals surface area contributed by atoms with Gasteiger partial charge in [0.1, 0.15) is 38.6 Å².